The van der Waals surface area contributed by atoms with E-state index in [1.165, 1.54) is 4.90 Å². The molecular formula is C24H38N4O5. The smallest absolute Gasteiger partial charge is 0.408 e. The highest BCUT2D eigenvalue weighted by atomic mass is 16.6. The van der Waals surface area contributed by atoms with Gasteiger partial charge in [-0.05, 0) is 53.5 Å². The average molecular weight is 463 g/mol. The van der Waals surface area contributed by atoms with Gasteiger partial charge in [-0.25, -0.2) is 4.79 Å². The van der Waals surface area contributed by atoms with E-state index in [1.54, 1.807) is 45.0 Å². The summed E-state index contributed by atoms with van der Waals surface area (Å²) in [5.74, 6) is -1.72. The first-order valence-corrected chi connectivity index (χ1v) is 11.2. The van der Waals surface area contributed by atoms with Gasteiger partial charge < -0.3 is 26.0 Å². The highest BCUT2D eigenvalue weighted by molar-refractivity contribution is 5.94. The van der Waals surface area contributed by atoms with E-state index >= 15 is 0 Å². The number of primary amides is 1. The Balaban J connectivity index is 3.46. The van der Waals surface area contributed by atoms with Gasteiger partial charge in [0.2, 0.25) is 17.7 Å². The fraction of sp³-hybridized carbons (Fsp3) is 0.583. The third-order valence-electron chi connectivity index (χ3n) is 4.79. The van der Waals surface area contributed by atoms with Crippen LogP contribution in [0.25, 0.3) is 0 Å². The van der Waals surface area contributed by atoms with E-state index in [0.717, 1.165) is 0 Å². The fourth-order valence-corrected chi connectivity index (χ4v) is 3.26. The number of nitrogens with zero attached hydrogens (tertiary/aromatic N) is 1. The Morgan fingerprint density at radius 1 is 1.03 bits per heavy atom. The molecule has 4 N–H and O–H groups in total. The van der Waals surface area contributed by atoms with Gasteiger partial charge in [-0.3, -0.25) is 14.4 Å². The standard InChI is InChI=1S/C24H38N4O5/c1-8-16(4)28(20(21(30)26-15(2)3)17-12-10-9-11-13-17)22(31)18(14-19(25)29)27-23(32)33-24(5,6)7/h9-13,15-16,18,20H,8,14H2,1-7H3,(H2,25,29)(H,26,30)(H,27,32). The molecule has 0 aliphatic rings. The first-order chi connectivity index (χ1) is 15.3. The maximum Gasteiger partial charge on any atom is 0.408 e. The van der Waals surface area contributed by atoms with Crippen LogP contribution in [0.5, 0.6) is 0 Å². The Morgan fingerprint density at radius 2 is 1.61 bits per heavy atom. The molecule has 9 nitrogen and oxygen atoms in total. The van der Waals surface area contributed by atoms with Crippen molar-refractivity contribution in [2.45, 2.75) is 91.1 Å². The van der Waals surface area contributed by atoms with Crippen molar-refractivity contribution in [3.63, 3.8) is 0 Å². The molecule has 0 radical (unpaired) electrons. The minimum Gasteiger partial charge on any atom is -0.444 e. The second-order valence-corrected chi connectivity index (χ2v) is 9.35. The summed E-state index contributed by atoms with van der Waals surface area (Å²) in [6.07, 6.45) is -0.743. The number of amides is 4. The second kappa shape index (κ2) is 12.2. The van der Waals surface area contributed by atoms with Gasteiger partial charge in [-0.15, -0.1) is 0 Å². The van der Waals surface area contributed by atoms with Crippen LogP contribution in [0.15, 0.2) is 30.3 Å². The molecule has 33 heavy (non-hydrogen) atoms. The maximum absolute atomic E-state index is 13.8. The second-order valence-electron chi connectivity index (χ2n) is 9.35. The molecule has 1 aromatic rings. The summed E-state index contributed by atoms with van der Waals surface area (Å²) in [5.41, 5.74) is 5.18. The molecule has 4 amide bonds. The molecule has 184 valence electrons. The molecule has 0 aromatic heterocycles. The van der Waals surface area contributed by atoms with Crippen molar-refractivity contribution >= 4 is 23.8 Å². The molecule has 0 aliphatic heterocycles. The van der Waals surface area contributed by atoms with Crippen LogP contribution in [0.2, 0.25) is 0 Å². The molecule has 0 fully saturated rings. The number of ether oxygens (including phenoxy) is 1. The number of hydrogen-bond donors (Lipinski definition) is 3. The third kappa shape index (κ3) is 9.11. The van der Waals surface area contributed by atoms with Crippen LogP contribution < -0.4 is 16.4 Å². The summed E-state index contributed by atoms with van der Waals surface area (Å²) < 4.78 is 5.26. The zero-order chi connectivity index (χ0) is 25.3. The molecule has 0 spiro atoms. The molecule has 9 heteroatoms. The first kappa shape index (κ1) is 27.9. The number of alkyl carbamates (subject to hydrolysis) is 1. The normalized spacial score (nSPS) is 14.1. The zero-order valence-electron chi connectivity index (χ0n) is 20.7. The number of hydrogen-bond acceptors (Lipinski definition) is 5. The van der Waals surface area contributed by atoms with E-state index in [0.29, 0.717) is 12.0 Å². The van der Waals surface area contributed by atoms with E-state index in [2.05, 4.69) is 10.6 Å². The lowest BCUT2D eigenvalue weighted by Gasteiger charge is -2.38. The highest BCUT2D eigenvalue weighted by Gasteiger charge is 2.39. The lowest BCUT2D eigenvalue weighted by molar-refractivity contribution is -0.146. The lowest BCUT2D eigenvalue weighted by Crippen LogP contribution is -2.56. The van der Waals surface area contributed by atoms with Crippen LogP contribution in [-0.2, 0) is 19.1 Å². The van der Waals surface area contributed by atoms with Gasteiger partial charge in [0.1, 0.15) is 17.7 Å². The van der Waals surface area contributed by atoms with E-state index in [4.69, 9.17) is 10.5 Å². The number of nitrogens with two attached hydrogens (primary N) is 1. The van der Waals surface area contributed by atoms with E-state index in [-0.39, 0.29) is 18.0 Å². The topological polar surface area (TPSA) is 131 Å². The fourth-order valence-electron chi connectivity index (χ4n) is 3.26. The minimum atomic E-state index is -1.29. The van der Waals surface area contributed by atoms with Gasteiger partial charge in [-0.2, -0.15) is 0 Å². The minimum absolute atomic E-state index is 0.154. The number of benzene rings is 1. The van der Waals surface area contributed by atoms with E-state index in [1.807, 2.05) is 33.8 Å². The lowest BCUT2D eigenvalue weighted by atomic mass is 9.99. The van der Waals surface area contributed by atoms with Crippen LogP contribution in [0.4, 0.5) is 4.79 Å². The number of rotatable bonds is 10. The maximum atomic E-state index is 13.8. The molecule has 0 saturated heterocycles. The quantitative estimate of drug-likeness (QED) is 0.492. The van der Waals surface area contributed by atoms with Crippen LogP contribution in [-0.4, -0.2) is 52.4 Å². The summed E-state index contributed by atoms with van der Waals surface area (Å²) in [6, 6.07) is 6.12. The molecule has 0 aliphatic carbocycles. The molecule has 0 saturated carbocycles. The Hall–Kier alpha value is -3.10. The molecule has 1 aromatic carbocycles. The van der Waals surface area contributed by atoms with Crippen molar-refractivity contribution in [2.75, 3.05) is 0 Å². The molecule has 0 bridgehead atoms. The largest absolute Gasteiger partial charge is 0.444 e. The highest BCUT2D eigenvalue weighted by Crippen LogP contribution is 2.26. The van der Waals surface area contributed by atoms with Gasteiger partial charge in [0.25, 0.3) is 0 Å². The summed E-state index contributed by atoms with van der Waals surface area (Å²) in [6.45, 7) is 12.4. The number of carbonyl (C=O) groups is 4. The summed E-state index contributed by atoms with van der Waals surface area (Å²) >= 11 is 0. The van der Waals surface area contributed by atoms with Crippen molar-refractivity contribution in [3.8, 4) is 0 Å². The van der Waals surface area contributed by atoms with Gasteiger partial charge in [0.05, 0.1) is 6.42 Å². The Labute approximate surface area is 196 Å². The van der Waals surface area contributed by atoms with E-state index in [9.17, 15) is 19.2 Å². The SMILES string of the molecule is CCC(C)N(C(=O)C(CC(N)=O)NC(=O)OC(C)(C)C)C(C(=O)NC(C)C)c1ccccc1. The Morgan fingerprint density at radius 3 is 2.06 bits per heavy atom. The first-order valence-electron chi connectivity index (χ1n) is 11.2. The van der Waals surface area contributed by atoms with Crippen molar-refractivity contribution in [1.29, 1.82) is 0 Å². The van der Waals surface area contributed by atoms with Gasteiger partial charge in [0, 0.05) is 12.1 Å². The van der Waals surface area contributed by atoms with Gasteiger partial charge in [-0.1, -0.05) is 37.3 Å². The molecular weight excluding hydrogens is 424 g/mol. The predicted octanol–water partition coefficient (Wildman–Crippen LogP) is 2.65. The molecule has 3 atom stereocenters. The summed E-state index contributed by atoms with van der Waals surface area (Å²) in [7, 11) is 0. The summed E-state index contributed by atoms with van der Waals surface area (Å²) in [4.78, 5) is 52.6. The van der Waals surface area contributed by atoms with E-state index < -0.39 is 42.0 Å². The van der Waals surface area contributed by atoms with Crippen molar-refractivity contribution in [1.82, 2.24) is 15.5 Å². The zero-order valence-corrected chi connectivity index (χ0v) is 20.7. The number of nitrogens with one attached hydrogen (secondary N) is 2. The molecule has 1 rings (SSSR count). The summed E-state index contributed by atoms with van der Waals surface area (Å²) in [5, 5.41) is 5.34. The van der Waals surface area contributed by atoms with Crippen LogP contribution in [0.1, 0.15) is 72.9 Å². The van der Waals surface area contributed by atoms with Crippen molar-refractivity contribution < 1.29 is 23.9 Å². The van der Waals surface area contributed by atoms with Crippen LogP contribution in [0, 0.1) is 0 Å². The monoisotopic (exact) mass is 462 g/mol. The Kier molecular flexibility index (Phi) is 10.3. The van der Waals surface area contributed by atoms with Gasteiger partial charge in [0.15, 0.2) is 0 Å². The third-order valence-corrected chi connectivity index (χ3v) is 4.79. The Bertz CT molecular complexity index is 820. The van der Waals surface area contributed by atoms with Gasteiger partial charge >= 0.3 is 6.09 Å². The van der Waals surface area contributed by atoms with Crippen molar-refractivity contribution in [2.24, 2.45) is 5.73 Å². The average Bonchev–Trinajstić information content (AvgIpc) is 2.68. The van der Waals surface area contributed by atoms with Crippen LogP contribution in [0.3, 0.4) is 0 Å². The van der Waals surface area contributed by atoms with Crippen molar-refractivity contribution in [3.05, 3.63) is 35.9 Å². The molecule has 3 unspecified atom stereocenters. The molecule has 0 heterocycles. The van der Waals surface area contributed by atoms with Crippen LogP contribution >= 0.6 is 0 Å². The number of carbonyl (C=O) groups excluding carboxylic acids is 4. The predicted molar refractivity (Wildman–Crippen MR) is 126 cm³/mol.